The molecule has 2 aromatic heterocycles. The summed E-state index contributed by atoms with van der Waals surface area (Å²) in [6.45, 7) is 7.97. The number of fused-ring (bicyclic) bond motifs is 1. The summed E-state index contributed by atoms with van der Waals surface area (Å²) in [6, 6.07) is 6.89. The Labute approximate surface area is 124 Å². The average Bonchev–Trinajstić information content (AvgIpc) is 2.65. The van der Waals surface area contributed by atoms with Crippen LogP contribution >= 0.6 is 11.6 Å². The summed E-state index contributed by atoms with van der Waals surface area (Å²) in [4.78, 5) is 4.29. The van der Waals surface area contributed by atoms with Crippen molar-refractivity contribution in [2.45, 2.75) is 32.4 Å². The quantitative estimate of drug-likeness (QED) is 0.622. The molecular weight excluding hydrogens is 290 g/mol. The number of nitriles is 1. The van der Waals surface area contributed by atoms with Gasteiger partial charge >= 0.3 is 0 Å². The number of halogens is 1. The van der Waals surface area contributed by atoms with Crippen LogP contribution in [-0.2, 0) is 11.5 Å². The SMILES string of the molecule is C[Si](C)(C)CCOCn1c(Cl)c(C#N)c2cccnc21. The number of hydrogen-bond donors (Lipinski definition) is 0. The van der Waals surface area contributed by atoms with Crippen LogP contribution < -0.4 is 0 Å². The standard InChI is InChI=1S/C14H18ClN3OSi/c1-20(2,3)8-7-19-10-18-13(15)12(9-16)11-5-4-6-17-14(11)18/h4-6H,7-8,10H2,1-3H3. The van der Waals surface area contributed by atoms with E-state index in [1.54, 1.807) is 16.8 Å². The molecule has 0 N–H and O–H groups in total. The summed E-state index contributed by atoms with van der Waals surface area (Å²) < 4.78 is 7.46. The van der Waals surface area contributed by atoms with E-state index in [2.05, 4.69) is 30.7 Å². The minimum absolute atomic E-state index is 0.332. The number of pyridine rings is 1. The smallest absolute Gasteiger partial charge is 0.144 e. The third-order valence-corrected chi connectivity index (χ3v) is 5.18. The number of hydrogen-bond acceptors (Lipinski definition) is 3. The highest BCUT2D eigenvalue weighted by molar-refractivity contribution is 6.76. The van der Waals surface area contributed by atoms with Crippen molar-refractivity contribution in [2.75, 3.05) is 6.61 Å². The van der Waals surface area contributed by atoms with Crippen LogP contribution in [0.2, 0.25) is 30.8 Å². The van der Waals surface area contributed by atoms with Crippen LogP contribution in [0.3, 0.4) is 0 Å². The zero-order valence-corrected chi connectivity index (χ0v) is 13.7. The maximum atomic E-state index is 9.20. The monoisotopic (exact) mass is 307 g/mol. The molecule has 0 bridgehead atoms. The fraction of sp³-hybridized carbons (Fsp3) is 0.429. The number of nitrogens with zero attached hydrogens (tertiary/aromatic N) is 3. The van der Waals surface area contributed by atoms with Gasteiger partial charge in [0.05, 0.1) is 5.56 Å². The first-order chi connectivity index (χ1) is 9.44. The largest absolute Gasteiger partial charge is 0.361 e. The lowest BCUT2D eigenvalue weighted by atomic mass is 10.2. The van der Waals surface area contributed by atoms with Gasteiger partial charge in [-0.15, -0.1) is 0 Å². The van der Waals surface area contributed by atoms with Crippen molar-refractivity contribution < 1.29 is 4.74 Å². The lowest BCUT2D eigenvalue weighted by Gasteiger charge is -2.15. The van der Waals surface area contributed by atoms with E-state index in [0.717, 1.165) is 11.4 Å². The molecule has 2 rings (SSSR count). The Morgan fingerprint density at radius 1 is 1.45 bits per heavy atom. The molecule has 0 saturated heterocycles. The molecule has 0 aliphatic heterocycles. The molecular formula is C14H18ClN3OSi. The zero-order valence-electron chi connectivity index (χ0n) is 12.0. The van der Waals surface area contributed by atoms with E-state index in [9.17, 15) is 5.26 Å². The highest BCUT2D eigenvalue weighted by atomic mass is 35.5. The first-order valence-corrected chi connectivity index (χ1v) is 10.6. The lowest BCUT2D eigenvalue weighted by molar-refractivity contribution is 0.0900. The molecule has 2 aromatic rings. The fourth-order valence-electron chi connectivity index (χ4n) is 1.90. The summed E-state index contributed by atoms with van der Waals surface area (Å²) in [5.74, 6) is 0. The van der Waals surface area contributed by atoms with Gasteiger partial charge in [-0.2, -0.15) is 5.26 Å². The molecule has 0 unspecified atom stereocenters. The summed E-state index contributed by atoms with van der Waals surface area (Å²) in [7, 11) is -1.10. The number of aromatic nitrogens is 2. The van der Waals surface area contributed by atoms with E-state index in [0.29, 0.717) is 29.7 Å². The molecule has 0 spiro atoms. The minimum Gasteiger partial charge on any atom is -0.361 e. The van der Waals surface area contributed by atoms with Gasteiger partial charge in [-0.05, 0) is 18.2 Å². The van der Waals surface area contributed by atoms with Crippen molar-refractivity contribution in [3.05, 3.63) is 29.0 Å². The van der Waals surface area contributed by atoms with Gasteiger partial charge in [0.25, 0.3) is 0 Å². The van der Waals surface area contributed by atoms with Crippen LogP contribution in [-0.4, -0.2) is 24.2 Å². The molecule has 0 aromatic carbocycles. The maximum Gasteiger partial charge on any atom is 0.144 e. The van der Waals surface area contributed by atoms with Crippen LogP contribution in [0.15, 0.2) is 18.3 Å². The van der Waals surface area contributed by atoms with Gasteiger partial charge in [0.2, 0.25) is 0 Å². The Morgan fingerprint density at radius 3 is 2.85 bits per heavy atom. The van der Waals surface area contributed by atoms with E-state index in [1.165, 1.54) is 0 Å². The van der Waals surface area contributed by atoms with Crippen LogP contribution in [0.1, 0.15) is 5.56 Å². The van der Waals surface area contributed by atoms with Crippen molar-refractivity contribution in [2.24, 2.45) is 0 Å². The van der Waals surface area contributed by atoms with E-state index in [-0.39, 0.29) is 0 Å². The summed E-state index contributed by atoms with van der Waals surface area (Å²) in [5, 5.41) is 10.4. The van der Waals surface area contributed by atoms with Crippen LogP contribution in [0, 0.1) is 11.3 Å². The molecule has 4 nitrogen and oxygen atoms in total. The molecule has 106 valence electrons. The molecule has 0 aliphatic rings. The topological polar surface area (TPSA) is 50.8 Å². The third kappa shape index (κ3) is 3.21. The van der Waals surface area contributed by atoms with Crippen LogP contribution in [0.5, 0.6) is 0 Å². The molecule has 20 heavy (non-hydrogen) atoms. The van der Waals surface area contributed by atoms with Gasteiger partial charge in [-0.1, -0.05) is 31.2 Å². The van der Waals surface area contributed by atoms with E-state index in [1.807, 2.05) is 6.07 Å². The third-order valence-electron chi connectivity index (χ3n) is 3.08. The van der Waals surface area contributed by atoms with Crippen molar-refractivity contribution in [3.8, 4) is 6.07 Å². The summed E-state index contributed by atoms with van der Waals surface area (Å²) >= 11 is 6.25. The Kier molecular flexibility index (Phi) is 4.48. The van der Waals surface area contributed by atoms with Gasteiger partial charge in [-0.25, -0.2) is 4.98 Å². The second kappa shape index (κ2) is 5.96. The van der Waals surface area contributed by atoms with Gasteiger partial charge < -0.3 is 4.74 Å². The molecule has 0 fully saturated rings. The normalized spacial score (nSPS) is 11.8. The van der Waals surface area contributed by atoms with Gasteiger partial charge in [0, 0.05) is 26.3 Å². The Balaban J connectivity index is 2.18. The predicted octanol–water partition coefficient (Wildman–Crippen LogP) is 3.87. The maximum absolute atomic E-state index is 9.20. The van der Waals surface area contributed by atoms with Crippen molar-refractivity contribution in [1.29, 1.82) is 5.26 Å². The fourth-order valence-corrected chi connectivity index (χ4v) is 2.93. The van der Waals surface area contributed by atoms with Crippen molar-refractivity contribution >= 4 is 30.7 Å². The average molecular weight is 308 g/mol. The predicted molar refractivity (Wildman–Crippen MR) is 83.6 cm³/mol. The second-order valence-corrected chi connectivity index (χ2v) is 11.9. The summed E-state index contributed by atoms with van der Waals surface area (Å²) in [6.07, 6.45) is 1.69. The first kappa shape index (κ1) is 15.0. The highest BCUT2D eigenvalue weighted by Crippen LogP contribution is 2.28. The molecule has 0 aliphatic carbocycles. The highest BCUT2D eigenvalue weighted by Gasteiger charge is 2.17. The number of ether oxygens (including phenoxy) is 1. The molecule has 2 heterocycles. The Bertz CT molecular complexity index is 655. The minimum atomic E-state index is -1.10. The molecule has 0 saturated carbocycles. The van der Waals surface area contributed by atoms with E-state index >= 15 is 0 Å². The second-order valence-electron chi connectivity index (χ2n) is 5.93. The van der Waals surface area contributed by atoms with Crippen LogP contribution in [0.25, 0.3) is 11.0 Å². The molecule has 6 heteroatoms. The lowest BCUT2D eigenvalue weighted by Crippen LogP contribution is -2.22. The Morgan fingerprint density at radius 2 is 2.20 bits per heavy atom. The van der Waals surface area contributed by atoms with Gasteiger partial charge in [0.15, 0.2) is 0 Å². The summed E-state index contributed by atoms with van der Waals surface area (Å²) in [5.41, 5.74) is 1.16. The van der Waals surface area contributed by atoms with Gasteiger partial charge in [0.1, 0.15) is 23.6 Å². The van der Waals surface area contributed by atoms with E-state index < -0.39 is 8.07 Å². The van der Waals surface area contributed by atoms with E-state index in [4.69, 9.17) is 16.3 Å². The van der Waals surface area contributed by atoms with Crippen molar-refractivity contribution in [1.82, 2.24) is 9.55 Å². The Hall–Kier alpha value is -1.35. The van der Waals surface area contributed by atoms with Crippen LogP contribution in [0.4, 0.5) is 0 Å². The first-order valence-electron chi connectivity index (χ1n) is 6.54. The van der Waals surface area contributed by atoms with Gasteiger partial charge in [-0.3, -0.25) is 4.57 Å². The molecule has 0 amide bonds. The van der Waals surface area contributed by atoms with Crippen molar-refractivity contribution in [3.63, 3.8) is 0 Å². The molecule has 0 atom stereocenters. The molecule has 0 radical (unpaired) electrons. The number of rotatable bonds is 5. The zero-order chi connectivity index (χ0) is 14.8.